The first-order chi connectivity index (χ1) is 13.7. The number of halogens is 1. The van der Waals surface area contributed by atoms with Crippen LogP contribution < -0.4 is 11.5 Å². The molecule has 3 heterocycles. The predicted octanol–water partition coefficient (Wildman–Crippen LogP) is 2.57. The maximum Gasteiger partial charge on any atom is 0.253 e. The highest BCUT2D eigenvalue weighted by molar-refractivity contribution is 6.15. The van der Waals surface area contributed by atoms with Crippen molar-refractivity contribution in [2.24, 2.45) is 12.8 Å². The van der Waals surface area contributed by atoms with Gasteiger partial charge in [-0.15, -0.1) is 0 Å². The fraction of sp³-hybridized carbons (Fsp3) is 0.150. The number of rotatable bonds is 3. The molecule has 4 aromatic rings. The number of aromatic hydroxyl groups is 1. The lowest BCUT2D eigenvalue weighted by molar-refractivity contribution is 0.100. The second-order valence-corrected chi connectivity index (χ2v) is 6.90. The molecule has 4 rings (SSSR count). The summed E-state index contributed by atoms with van der Waals surface area (Å²) in [4.78, 5) is 16.2. The van der Waals surface area contributed by atoms with Crippen LogP contribution in [0.15, 0.2) is 30.6 Å². The molecule has 1 amide bonds. The summed E-state index contributed by atoms with van der Waals surface area (Å²) in [7, 11) is 1.67. The lowest BCUT2D eigenvalue weighted by atomic mass is 10.1. The molecule has 0 aliphatic rings. The Bertz CT molecular complexity index is 1300. The third kappa shape index (κ3) is 2.62. The van der Waals surface area contributed by atoms with Gasteiger partial charge in [0.15, 0.2) is 5.65 Å². The quantitative estimate of drug-likeness (QED) is 0.492. The molecule has 0 bridgehead atoms. The minimum atomic E-state index is -0.736. The van der Waals surface area contributed by atoms with Gasteiger partial charge < -0.3 is 16.6 Å². The first-order valence-corrected chi connectivity index (χ1v) is 8.79. The van der Waals surface area contributed by atoms with Crippen LogP contribution in [0, 0.1) is 19.7 Å². The van der Waals surface area contributed by atoms with Gasteiger partial charge in [-0.25, -0.2) is 4.39 Å². The zero-order valence-corrected chi connectivity index (χ0v) is 16.1. The van der Waals surface area contributed by atoms with Crippen LogP contribution in [0.2, 0.25) is 0 Å². The molecular weight excluding hydrogens is 375 g/mol. The molecule has 8 nitrogen and oxygen atoms in total. The molecule has 1 aromatic carbocycles. The summed E-state index contributed by atoms with van der Waals surface area (Å²) in [6.45, 7) is 3.60. The van der Waals surface area contributed by atoms with Gasteiger partial charge in [0.05, 0.1) is 28.5 Å². The highest BCUT2D eigenvalue weighted by Gasteiger charge is 2.28. The van der Waals surface area contributed by atoms with Gasteiger partial charge in [-0.2, -0.15) is 5.10 Å². The van der Waals surface area contributed by atoms with Crippen LogP contribution >= 0.6 is 0 Å². The molecule has 29 heavy (non-hydrogen) atoms. The number of phenols is 1. The monoisotopic (exact) mass is 394 g/mol. The summed E-state index contributed by atoms with van der Waals surface area (Å²) in [6, 6.07) is 4.63. The number of hydrogen-bond acceptors (Lipinski definition) is 5. The smallest absolute Gasteiger partial charge is 0.253 e. The highest BCUT2D eigenvalue weighted by Crippen LogP contribution is 2.40. The maximum absolute atomic E-state index is 13.8. The predicted molar refractivity (Wildman–Crippen MR) is 107 cm³/mol. The van der Waals surface area contributed by atoms with E-state index in [1.54, 1.807) is 30.7 Å². The number of nitrogens with zero attached hydrogens (tertiary/aromatic N) is 4. The standard InChI is InChI=1S/C20H19FN6O2/c1-9-4-5-13(28)10(2)16(9)27-18(22)15(19(23)29)14-17(26(3)25-20(14)27)11-6-12(21)8-24-7-11/h4-8,28H,22H2,1-3H3,(H2,23,29). The number of carbonyl (C=O) groups is 1. The number of fused-ring (bicyclic) bond motifs is 1. The van der Waals surface area contributed by atoms with Crippen LogP contribution in [-0.2, 0) is 7.05 Å². The second kappa shape index (κ2) is 6.33. The van der Waals surface area contributed by atoms with Gasteiger partial charge in [0.1, 0.15) is 17.4 Å². The fourth-order valence-corrected chi connectivity index (χ4v) is 3.77. The zero-order valence-electron chi connectivity index (χ0n) is 16.1. The molecule has 9 heteroatoms. The van der Waals surface area contributed by atoms with Crippen LogP contribution in [0.25, 0.3) is 28.0 Å². The molecule has 0 radical (unpaired) electrons. The van der Waals surface area contributed by atoms with E-state index in [1.807, 2.05) is 6.92 Å². The van der Waals surface area contributed by atoms with E-state index in [0.717, 1.165) is 11.8 Å². The summed E-state index contributed by atoms with van der Waals surface area (Å²) < 4.78 is 16.9. The van der Waals surface area contributed by atoms with Crippen molar-refractivity contribution in [3.8, 4) is 22.7 Å². The molecule has 0 saturated heterocycles. The molecule has 0 aliphatic heterocycles. The largest absolute Gasteiger partial charge is 0.508 e. The van der Waals surface area contributed by atoms with E-state index in [0.29, 0.717) is 33.5 Å². The van der Waals surface area contributed by atoms with E-state index >= 15 is 0 Å². The van der Waals surface area contributed by atoms with Gasteiger partial charge in [-0.1, -0.05) is 6.07 Å². The third-order valence-corrected chi connectivity index (χ3v) is 5.04. The van der Waals surface area contributed by atoms with Crippen molar-refractivity contribution in [2.75, 3.05) is 5.73 Å². The number of carbonyl (C=O) groups excluding carboxylic acids is 1. The number of nitrogens with two attached hydrogens (primary N) is 2. The number of pyridine rings is 1. The summed E-state index contributed by atoms with van der Waals surface area (Å²) in [5.41, 5.74) is 15.3. The van der Waals surface area contributed by atoms with E-state index in [2.05, 4.69) is 10.1 Å². The second-order valence-electron chi connectivity index (χ2n) is 6.90. The molecular formula is C20H19FN6O2. The van der Waals surface area contributed by atoms with Gasteiger partial charge in [0.25, 0.3) is 5.91 Å². The number of aryl methyl sites for hydroxylation is 2. The van der Waals surface area contributed by atoms with Crippen LogP contribution in [0.4, 0.5) is 10.2 Å². The number of aromatic nitrogens is 4. The molecule has 0 aliphatic carbocycles. The molecule has 0 spiro atoms. The lowest BCUT2D eigenvalue weighted by Gasteiger charge is -2.15. The summed E-state index contributed by atoms with van der Waals surface area (Å²) >= 11 is 0. The Morgan fingerprint density at radius 2 is 1.97 bits per heavy atom. The topological polar surface area (TPSA) is 125 Å². The Balaban J connectivity index is 2.18. The number of hydrogen-bond donors (Lipinski definition) is 3. The summed E-state index contributed by atoms with van der Waals surface area (Å²) in [6.07, 6.45) is 2.56. The van der Waals surface area contributed by atoms with E-state index < -0.39 is 11.7 Å². The number of nitrogen functional groups attached to an aromatic ring is 1. The molecule has 148 valence electrons. The third-order valence-electron chi connectivity index (χ3n) is 5.04. The highest BCUT2D eigenvalue weighted by atomic mass is 19.1. The minimum Gasteiger partial charge on any atom is -0.508 e. The van der Waals surface area contributed by atoms with Crippen molar-refractivity contribution in [1.29, 1.82) is 0 Å². The van der Waals surface area contributed by atoms with Gasteiger partial charge in [-0.05, 0) is 31.5 Å². The van der Waals surface area contributed by atoms with E-state index in [9.17, 15) is 14.3 Å². The normalized spacial score (nSPS) is 11.3. The molecule has 0 fully saturated rings. The average molecular weight is 394 g/mol. The first-order valence-electron chi connectivity index (χ1n) is 8.79. The molecule has 0 unspecified atom stereocenters. The SMILES string of the molecule is Cc1ccc(O)c(C)c1-n1c(N)c(C(N)=O)c2c(-c3cncc(F)c3)n(C)nc21. The van der Waals surface area contributed by atoms with Gasteiger partial charge in [0, 0.05) is 24.4 Å². The van der Waals surface area contributed by atoms with Crippen LogP contribution in [0.3, 0.4) is 0 Å². The average Bonchev–Trinajstić information content (AvgIpc) is 3.11. The zero-order chi connectivity index (χ0) is 21.0. The Kier molecular flexibility index (Phi) is 4.04. The number of benzene rings is 1. The Hall–Kier alpha value is -3.88. The van der Waals surface area contributed by atoms with Crippen molar-refractivity contribution >= 4 is 22.8 Å². The number of primary amides is 1. The van der Waals surface area contributed by atoms with Crippen LogP contribution in [0.5, 0.6) is 5.75 Å². The van der Waals surface area contributed by atoms with Crippen molar-refractivity contribution < 1.29 is 14.3 Å². The summed E-state index contributed by atoms with van der Waals surface area (Å²) in [5, 5.41) is 15.1. The van der Waals surface area contributed by atoms with Crippen molar-refractivity contribution in [3.05, 3.63) is 53.1 Å². The van der Waals surface area contributed by atoms with Gasteiger partial charge in [-0.3, -0.25) is 19.0 Å². The van der Waals surface area contributed by atoms with Crippen molar-refractivity contribution in [1.82, 2.24) is 19.3 Å². The Morgan fingerprint density at radius 3 is 2.62 bits per heavy atom. The maximum atomic E-state index is 13.8. The molecule has 3 aromatic heterocycles. The van der Waals surface area contributed by atoms with Crippen molar-refractivity contribution in [3.63, 3.8) is 0 Å². The minimum absolute atomic E-state index is 0.0782. The van der Waals surface area contributed by atoms with E-state index in [-0.39, 0.29) is 17.1 Å². The van der Waals surface area contributed by atoms with Crippen LogP contribution in [-0.4, -0.2) is 30.3 Å². The molecule has 5 N–H and O–H groups in total. The molecule has 0 saturated carbocycles. The van der Waals surface area contributed by atoms with Crippen molar-refractivity contribution in [2.45, 2.75) is 13.8 Å². The number of anilines is 1. The lowest BCUT2D eigenvalue weighted by Crippen LogP contribution is -2.15. The number of amides is 1. The summed E-state index contributed by atoms with van der Waals surface area (Å²) in [5.74, 6) is -1.08. The first kappa shape index (κ1) is 18.5. The Morgan fingerprint density at radius 1 is 1.24 bits per heavy atom. The molecule has 0 atom stereocenters. The number of phenolic OH excluding ortho intramolecular Hbond substituents is 1. The fourth-order valence-electron chi connectivity index (χ4n) is 3.77. The van der Waals surface area contributed by atoms with Crippen LogP contribution in [0.1, 0.15) is 21.5 Å². The van der Waals surface area contributed by atoms with E-state index in [1.165, 1.54) is 16.9 Å². The van der Waals surface area contributed by atoms with Gasteiger partial charge >= 0.3 is 0 Å². The van der Waals surface area contributed by atoms with Gasteiger partial charge in [0.2, 0.25) is 0 Å². The van der Waals surface area contributed by atoms with E-state index in [4.69, 9.17) is 11.5 Å². The Labute approximate surface area is 165 Å².